The smallest absolute Gasteiger partial charge is 0.255 e. The molecule has 11 nitrogen and oxygen atoms in total. The quantitative estimate of drug-likeness (QED) is 0.274. The van der Waals surface area contributed by atoms with Gasteiger partial charge >= 0.3 is 0 Å². The molecule has 194 valence electrons. The predicted octanol–water partition coefficient (Wildman–Crippen LogP) is 4.60. The first-order chi connectivity index (χ1) is 18.6. The molecule has 0 atom stereocenters. The number of fused-ring (bicyclic) bond motifs is 1. The lowest BCUT2D eigenvalue weighted by Crippen LogP contribution is -2.08. The van der Waals surface area contributed by atoms with Gasteiger partial charge in [0.15, 0.2) is 17.3 Å². The Morgan fingerprint density at radius 1 is 0.816 bits per heavy atom. The van der Waals surface area contributed by atoms with Gasteiger partial charge in [0.2, 0.25) is 11.7 Å². The van der Waals surface area contributed by atoms with Gasteiger partial charge in [-0.3, -0.25) is 0 Å². The van der Waals surface area contributed by atoms with Gasteiger partial charge < -0.3 is 29.6 Å². The van der Waals surface area contributed by atoms with Crippen LogP contribution in [-0.4, -0.2) is 53.2 Å². The van der Waals surface area contributed by atoms with E-state index in [1.165, 1.54) is 6.33 Å². The second-order valence-corrected chi connectivity index (χ2v) is 8.13. The Bertz CT molecular complexity index is 1530. The van der Waals surface area contributed by atoms with Crippen molar-refractivity contribution in [1.29, 1.82) is 0 Å². The molecule has 0 saturated carbocycles. The van der Waals surface area contributed by atoms with Crippen LogP contribution in [0.3, 0.4) is 0 Å². The van der Waals surface area contributed by atoms with Crippen molar-refractivity contribution in [2.45, 2.75) is 6.54 Å². The Hall–Kier alpha value is -5.06. The molecule has 0 fully saturated rings. The summed E-state index contributed by atoms with van der Waals surface area (Å²) in [6, 6.07) is 19.4. The molecule has 0 saturated heterocycles. The van der Waals surface area contributed by atoms with Crippen LogP contribution in [0.15, 0.2) is 67.0 Å². The molecule has 5 aromatic rings. The van der Waals surface area contributed by atoms with Gasteiger partial charge in [0.25, 0.3) is 5.95 Å². The Morgan fingerprint density at radius 3 is 2.26 bits per heavy atom. The second-order valence-electron chi connectivity index (χ2n) is 8.13. The third-order valence-corrected chi connectivity index (χ3v) is 5.86. The summed E-state index contributed by atoms with van der Waals surface area (Å²) in [5.41, 5.74) is 2.60. The number of ether oxygens (including phenoxy) is 4. The van der Waals surface area contributed by atoms with Gasteiger partial charge in [0.05, 0.1) is 34.0 Å². The highest BCUT2D eigenvalue weighted by molar-refractivity contribution is 5.92. The average Bonchev–Trinajstić information content (AvgIpc) is 3.34. The number of nitrogens with zero attached hydrogens (tertiary/aromatic N) is 5. The lowest BCUT2D eigenvalue weighted by Gasteiger charge is -2.14. The molecule has 38 heavy (non-hydrogen) atoms. The summed E-state index contributed by atoms with van der Waals surface area (Å²) in [4.78, 5) is 13.3. The molecule has 0 spiro atoms. The SMILES string of the molecule is COc1ccc2c(c1)c(NCc1ccccc1)nn2-c1ncnc(Nc2cc(OC)c(OC)c(OC)c2)n1. The average molecular weight is 514 g/mol. The molecule has 2 aromatic heterocycles. The third-order valence-electron chi connectivity index (χ3n) is 5.86. The van der Waals surface area contributed by atoms with Crippen molar-refractivity contribution in [3.63, 3.8) is 0 Å². The Kier molecular flexibility index (Phi) is 7.07. The number of nitrogens with one attached hydrogen (secondary N) is 2. The molecule has 0 aliphatic heterocycles. The Balaban J connectivity index is 1.50. The predicted molar refractivity (Wildman–Crippen MR) is 144 cm³/mol. The third kappa shape index (κ3) is 4.94. The number of methoxy groups -OCH3 is 4. The van der Waals surface area contributed by atoms with Crippen LogP contribution in [0.1, 0.15) is 5.56 Å². The molecule has 3 aromatic carbocycles. The maximum Gasteiger partial charge on any atom is 0.255 e. The molecule has 0 aliphatic rings. The number of rotatable bonds is 10. The maximum absolute atomic E-state index is 5.45. The first-order valence-corrected chi connectivity index (χ1v) is 11.7. The Labute approximate surface area is 219 Å². The lowest BCUT2D eigenvalue weighted by molar-refractivity contribution is 0.324. The minimum atomic E-state index is 0.320. The number of hydrogen-bond donors (Lipinski definition) is 2. The topological polar surface area (TPSA) is 117 Å². The van der Waals surface area contributed by atoms with E-state index in [4.69, 9.17) is 24.0 Å². The van der Waals surface area contributed by atoms with E-state index in [2.05, 4.69) is 37.7 Å². The van der Waals surface area contributed by atoms with Crippen LogP contribution in [0.2, 0.25) is 0 Å². The molecular weight excluding hydrogens is 486 g/mol. The minimum Gasteiger partial charge on any atom is -0.497 e. The number of aromatic nitrogens is 5. The second kappa shape index (κ2) is 10.9. The summed E-state index contributed by atoms with van der Waals surface area (Å²) in [5, 5.41) is 12.3. The number of benzene rings is 3. The van der Waals surface area contributed by atoms with E-state index in [0.717, 1.165) is 22.2 Å². The molecule has 11 heteroatoms. The van der Waals surface area contributed by atoms with Crippen LogP contribution in [0.5, 0.6) is 23.0 Å². The van der Waals surface area contributed by atoms with E-state index in [1.807, 2.05) is 36.4 Å². The first-order valence-electron chi connectivity index (χ1n) is 11.7. The highest BCUT2D eigenvalue weighted by Gasteiger charge is 2.17. The molecule has 0 aliphatic carbocycles. The standard InChI is InChI=1S/C27H27N7O4/c1-35-19-10-11-21-20(14-19)25(28-15-17-8-6-5-7-9-17)33-34(21)27-30-16-29-26(32-27)31-18-12-22(36-2)24(38-4)23(13-18)37-3/h5-14,16H,15H2,1-4H3,(H,28,33)(H,29,30,31,32). The zero-order chi connectivity index (χ0) is 26.5. The molecule has 2 heterocycles. The van der Waals surface area contributed by atoms with Gasteiger partial charge in [-0.2, -0.15) is 14.6 Å². The normalized spacial score (nSPS) is 10.7. The summed E-state index contributed by atoms with van der Waals surface area (Å²) in [5.74, 6) is 3.57. The van der Waals surface area contributed by atoms with Crippen molar-refractivity contribution in [1.82, 2.24) is 24.7 Å². The van der Waals surface area contributed by atoms with Crippen molar-refractivity contribution in [2.24, 2.45) is 0 Å². The van der Waals surface area contributed by atoms with Crippen molar-refractivity contribution in [3.05, 3.63) is 72.6 Å². The van der Waals surface area contributed by atoms with Crippen LogP contribution in [0.4, 0.5) is 17.5 Å². The number of anilines is 3. The lowest BCUT2D eigenvalue weighted by atomic mass is 10.2. The largest absolute Gasteiger partial charge is 0.497 e. The van der Waals surface area contributed by atoms with Crippen LogP contribution in [0, 0.1) is 0 Å². The highest BCUT2D eigenvalue weighted by Crippen LogP contribution is 2.40. The maximum atomic E-state index is 5.45. The van der Waals surface area contributed by atoms with E-state index in [-0.39, 0.29) is 0 Å². The van der Waals surface area contributed by atoms with Crippen LogP contribution in [-0.2, 0) is 6.54 Å². The van der Waals surface area contributed by atoms with Gasteiger partial charge in [-0.15, -0.1) is 5.10 Å². The van der Waals surface area contributed by atoms with Crippen molar-refractivity contribution in [3.8, 4) is 28.9 Å². The van der Waals surface area contributed by atoms with E-state index in [0.29, 0.717) is 47.2 Å². The zero-order valence-corrected chi connectivity index (χ0v) is 21.4. The minimum absolute atomic E-state index is 0.320. The Morgan fingerprint density at radius 2 is 1.58 bits per heavy atom. The van der Waals surface area contributed by atoms with Crippen LogP contribution < -0.4 is 29.6 Å². The van der Waals surface area contributed by atoms with Gasteiger partial charge in [-0.05, 0) is 23.8 Å². The van der Waals surface area contributed by atoms with E-state index >= 15 is 0 Å². The fourth-order valence-corrected chi connectivity index (χ4v) is 4.02. The molecule has 2 N–H and O–H groups in total. The summed E-state index contributed by atoms with van der Waals surface area (Å²) in [6.45, 7) is 0.606. The van der Waals surface area contributed by atoms with E-state index in [1.54, 1.807) is 45.3 Å². The van der Waals surface area contributed by atoms with E-state index in [9.17, 15) is 0 Å². The van der Waals surface area contributed by atoms with Crippen LogP contribution in [0.25, 0.3) is 16.9 Å². The van der Waals surface area contributed by atoms with Gasteiger partial charge in [-0.25, -0.2) is 4.98 Å². The molecule has 0 amide bonds. The monoisotopic (exact) mass is 513 g/mol. The summed E-state index contributed by atoms with van der Waals surface area (Å²) in [7, 11) is 6.31. The summed E-state index contributed by atoms with van der Waals surface area (Å²) < 4.78 is 23.4. The molecule has 0 radical (unpaired) electrons. The molecule has 5 rings (SSSR count). The van der Waals surface area contributed by atoms with Crippen molar-refractivity contribution in [2.75, 3.05) is 39.1 Å². The van der Waals surface area contributed by atoms with Crippen molar-refractivity contribution >= 4 is 28.4 Å². The fraction of sp³-hybridized carbons (Fsp3) is 0.185. The van der Waals surface area contributed by atoms with Gasteiger partial charge in [0.1, 0.15) is 12.1 Å². The van der Waals surface area contributed by atoms with Crippen molar-refractivity contribution < 1.29 is 18.9 Å². The van der Waals surface area contributed by atoms with Gasteiger partial charge in [0, 0.05) is 29.8 Å². The summed E-state index contributed by atoms with van der Waals surface area (Å²) >= 11 is 0. The van der Waals surface area contributed by atoms with E-state index < -0.39 is 0 Å². The summed E-state index contributed by atoms with van der Waals surface area (Å²) in [6.07, 6.45) is 1.43. The highest BCUT2D eigenvalue weighted by atomic mass is 16.5. The molecular formula is C27H27N7O4. The molecule has 0 unspecified atom stereocenters. The number of hydrogen-bond acceptors (Lipinski definition) is 10. The first kappa shape index (κ1) is 24.6. The van der Waals surface area contributed by atoms with Gasteiger partial charge in [-0.1, -0.05) is 30.3 Å². The molecule has 0 bridgehead atoms. The zero-order valence-electron chi connectivity index (χ0n) is 21.4. The fourth-order valence-electron chi connectivity index (χ4n) is 4.02. The van der Waals surface area contributed by atoms with Crippen LogP contribution >= 0.6 is 0 Å².